The molecule has 1 saturated heterocycles. The van der Waals surface area contributed by atoms with Crippen molar-refractivity contribution in [2.75, 3.05) is 19.6 Å². The Morgan fingerprint density at radius 3 is 2.42 bits per heavy atom. The van der Waals surface area contributed by atoms with Crippen LogP contribution in [0.5, 0.6) is 0 Å². The third kappa shape index (κ3) is 3.23. The van der Waals surface area contributed by atoms with Gasteiger partial charge in [-0.25, -0.2) is 8.42 Å². The van der Waals surface area contributed by atoms with E-state index in [2.05, 4.69) is 5.32 Å². The molecule has 0 spiro atoms. The predicted octanol–water partition coefficient (Wildman–Crippen LogP) is 2.37. The average Bonchev–Trinajstić information content (AvgIpc) is 2.82. The molecule has 19 heavy (non-hydrogen) atoms. The first kappa shape index (κ1) is 15.1. The van der Waals surface area contributed by atoms with Gasteiger partial charge in [-0.3, -0.25) is 0 Å². The molecule has 1 aliphatic heterocycles. The average molecular weight is 323 g/mol. The van der Waals surface area contributed by atoms with E-state index in [4.69, 9.17) is 23.2 Å². The number of rotatable bonds is 4. The van der Waals surface area contributed by atoms with Crippen LogP contribution in [0.3, 0.4) is 0 Å². The Balaban J connectivity index is 2.39. The van der Waals surface area contributed by atoms with E-state index in [9.17, 15) is 8.42 Å². The van der Waals surface area contributed by atoms with Crippen molar-refractivity contribution in [2.24, 2.45) is 0 Å². The lowest BCUT2D eigenvalue weighted by molar-refractivity contribution is 0.349. The van der Waals surface area contributed by atoms with Gasteiger partial charge in [0.2, 0.25) is 10.0 Å². The normalized spacial score (nSPS) is 20.1. The molecular formula is C12H16Cl2N2O2S. The summed E-state index contributed by atoms with van der Waals surface area (Å²) in [6, 6.07) is 4.39. The van der Waals surface area contributed by atoms with Crippen LogP contribution < -0.4 is 5.32 Å². The van der Waals surface area contributed by atoms with Crippen LogP contribution in [0.1, 0.15) is 13.3 Å². The first-order valence-corrected chi connectivity index (χ1v) is 8.33. The zero-order valence-corrected chi connectivity index (χ0v) is 12.9. The lowest BCUT2D eigenvalue weighted by atomic mass is 10.3. The highest BCUT2D eigenvalue weighted by molar-refractivity contribution is 7.89. The number of sulfonamides is 1. The van der Waals surface area contributed by atoms with Gasteiger partial charge in [-0.15, -0.1) is 0 Å². The number of halogens is 2. The number of hydrogen-bond acceptors (Lipinski definition) is 3. The van der Waals surface area contributed by atoms with E-state index >= 15 is 0 Å². The predicted molar refractivity (Wildman–Crippen MR) is 77.3 cm³/mol. The second kappa shape index (κ2) is 5.97. The molecule has 1 aromatic carbocycles. The number of nitrogens with zero attached hydrogens (tertiary/aromatic N) is 1. The Labute approximate surface area is 123 Å². The van der Waals surface area contributed by atoms with Crippen molar-refractivity contribution < 1.29 is 8.42 Å². The van der Waals surface area contributed by atoms with E-state index < -0.39 is 10.0 Å². The summed E-state index contributed by atoms with van der Waals surface area (Å²) in [6.45, 7) is 3.79. The maximum absolute atomic E-state index is 12.6. The molecule has 1 aromatic rings. The molecule has 0 amide bonds. The molecule has 2 rings (SSSR count). The maximum Gasteiger partial charge on any atom is 0.243 e. The minimum absolute atomic E-state index is 0.00671. The van der Waals surface area contributed by atoms with Gasteiger partial charge in [0, 0.05) is 29.2 Å². The second-order valence-electron chi connectivity index (χ2n) is 4.46. The molecule has 1 unspecified atom stereocenters. The van der Waals surface area contributed by atoms with Crippen molar-refractivity contribution >= 4 is 33.2 Å². The van der Waals surface area contributed by atoms with Crippen LogP contribution in [0.4, 0.5) is 0 Å². The summed E-state index contributed by atoms with van der Waals surface area (Å²) in [5, 5.41) is 3.83. The van der Waals surface area contributed by atoms with Gasteiger partial charge in [0.25, 0.3) is 0 Å². The standard InChI is InChI=1S/C12H16Cl2N2O2S/c1-2-16(11-3-4-15-8-11)19(17,18)12-6-9(13)5-10(14)7-12/h5-7,11,15H,2-4,8H2,1H3. The van der Waals surface area contributed by atoms with Gasteiger partial charge in [-0.05, 0) is 31.2 Å². The van der Waals surface area contributed by atoms with E-state index in [1.807, 2.05) is 6.92 Å². The zero-order chi connectivity index (χ0) is 14.0. The Kier molecular flexibility index (Phi) is 4.74. The summed E-state index contributed by atoms with van der Waals surface area (Å²) in [7, 11) is -3.56. The molecule has 1 N–H and O–H groups in total. The molecule has 1 heterocycles. The summed E-state index contributed by atoms with van der Waals surface area (Å²) in [5.41, 5.74) is 0. The molecule has 0 aliphatic carbocycles. The maximum atomic E-state index is 12.6. The van der Waals surface area contributed by atoms with E-state index in [0.29, 0.717) is 23.1 Å². The molecule has 1 atom stereocenters. The van der Waals surface area contributed by atoms with Gasteiger partial charge in [0.05, 0.1) is 4.90 Å². The fourth-order valence-electron chi connectivity index (χ4n) is 2.32. The Hall–Kier alpha value is -0.330. The number of likely N-dealkylation sites (N-methyl/N-ethyl adjacent to an activating group) is 1. The highest BCUT2D eigenvalue weighted by Gasteiger charge is 2.32. The highest BCUT2D eigenvalue weighted by Crippen LogP contribution is 2.26. The number of hydrogen-bond donors (Lipinski definition) is 1. The number of nitrogens with one attached hydrogen (secondary N) is 1. The van der Waals surface area contributed by atoms with E-state index in [0.717, 1.165) is 13.0 Å². The van der Waals surface area contributed by atoms with Gasteiger partial charge in [0.1, 0.15) is 0 Å². The van der Waals surface area contributed by atoms with Crippen LogP contribution in [0.2, 0.25) is 10.0 Å². The molecular weight excluding hydrogens is 307 g/mol. The Bertz CT molecular complexity index is 537. The van der Waals surface area contributed by atoms with Gasteiger partial charge in [0.15, 0.2) is 0 Å². The lowest BCUT2D eigenvalue weighted by Gasteiger charge is -2.26. The summed E-state index contributed by atoms with van der Waals surface area (Å²) in [6.07, 6.45) is 0.821. The van der Waals surface area contributed by atoms with Crippen LogP contribution in [-0.4, -0.2) is 38.4 Å². The smallest absolute Gasteiger partial charge is 0.243 e. The lowest BCUT2D eigenvalue weighted by Crippen LogP contribution is -2.41. The van der Waals surface area contributed by atoms with Crippen LogP contribution in [-0.2, 0) is 10.0 Å². The fraction of sp³-hybridized carbons (Fsp3) is 0.500. The number of benzene rings is 1. The first-order chi connectivity index (χ1) is 8.95. The molecule has 4 nitrogen and oxygen atoms in total. The van der Waals surface area contributed by atoms with Crippen LogP contribution >= 0.6 is 23.2 Å². The molecule has 0 aromatic heterocycles. The SMILES string of the molecule is CCN(C1CCNC1)S(=O)(=O)c1cc(Cl)cc(Cl)c1. The summed E-state index contributed by atoms with van der Waals surface area (Å²) >= 11 is 11.8. The Morgan fingerprint density at radius 2 is 1.95 bits per heavy atom. The molecule has 106 valence electrons. The monoisotopic (exact) mass is 322 g/mol. The van der Waals surface area contributed by atoms with E-state index in [1.54, 1.807) is 0 Å². The fourth-order valence-corrected chi connectivity index (χ4v) is 4.71. The second-order valence-corrected chi connectivity index (χ2v) is 7.22. The van der Waals surface area contributed by atoms with Crippen LogP contribution in [0.25, 0.3) is 0 Å². The minimum atomic E-state index is -3.56. The molecule has 1 aliphatic rings. The molecule has 0 saturated carbocycles. The van der Waals surface area contributed by atoms with Gasteiger partial charge >= 0.3 is 0 Å². The van der Waals surface area contributed by atoms with Gasteiger partial charge in [-0.1, -0.05) is 30.1 Å². The van der Waals surface area contributed by atoms with Gasteiger partial charge < -0.3 is 5.32 Å². The van der Waals surface area contributed by atoms with E-state index in [1.165, 1.54) is 22.5 Å². The van der Waals surface area contributed by atoms with Crippen molar-refractivity contribution in [2.45, 2.75) is 24.3 Å². The largest absolute Gasteiger partial charge is 0.315 e. The third-order valence-electron chi connectivity index (χ3n) is 3.20. The first-order valence-electron chi connectivity index (χ1n) is 6.14. The highest BCUT2D eigenvalue weighted by atomic mass is 35.5. The summed E-state index contributed by atoms with van der Waals surface area (Å²) < 4.78 is 26.8. The quantitative estimate of drug-likeness (QED) is 0.925. The van der Waals surface area contributed by atoms with Crippen molar-refractivity contribution in [3.63, 3.8) is 0 Å². The molecule has 1 fully saturated rings. The Morgan fingerprint density at radius 1 is 1.32 bits per heavy atom. The van der Waals surface area contributed by atoms with Crippen molar-refractivity contribution in [3.8, 4) is 0 Å². The van der Waals surface area contributed by atoms with Crippen LogP contribution in [0.15, 0.2) is 23.1 Å². The van der Waals surface area contributed by atoms with Gasteiger partial charge in [-0.2, -0.15) is 4.31 Å². The minimum Gasteiger partial charge on any atom is -0.315 e. The summed E-state index contributed by atoms with van der Waals surface area (Å²) in [5.74, 6) is 0. The third-order valence-corrected chi connectivity index (χ3v) is 5.64. The topological polar surface area (TPSA) is 49.4 Å². The van der Waals surface area contributed by atoms with Crippen molar-refractivity contribution in [3.05, 3.63) is 28.2 Å². The molecule has 0 bridgehead atoms. The van der Waals surface area contributed by atoms with Crippen LogP contribution in [0, 0.1) is 0 Å². The molecule has 0 radical (unpaired) electrons. The van der Waals surface area contributed by atoms with E-state index in [-0.39, 0.29) is 10.9 Å². The van der Waals surface area contributed by atoms with Crippen molar-refractivity contribution in [1.82, 2.24) is 9.62 Å². The zero-order valence-electron chi connectivity index (χ0n) is 10.6. The summed E-state index contributed by atoms with van der Waals surface area (Å²) in [4.78, 5) is 0.152. The molecule has 7 heteroatoms. The van der Waals surface area contributed by atoms with Crippen molar-refractivity contribution in [1.29, 1.82) is 0 Å².